The molecule has 0 radical (unpaired) electrons. The zero-order valence-electron chi connectivity index (χ0n) is 21.0. The number of unbranched alkanes of at least 4 members (excludes halogenated alkanes) is 3. The highest BCUT2D eigenvalue weighted by molar-refractivity contribution is 5.82. The predicted molar refractivity (Wildman–Crippen MR) is 129 cm³/mol. The van der Waals surface area contributed by atoms with Gasteiger partial charge in [0.1, 0.15) is 25.4 Å². The van der Waals surface area contributed by atoms with E-state index in [0.717, 1.165) is 44.6 Å². The first-order chi connectivity index (χ1) is 17.9. The van der Waals surface area contributed by atoms with Crippen LogP contribution in [0.1, 0.15) is 51.4 Å². The summed E-state index contributed by atoms with van der Waals surface area (Å²) in [5, 5.41) is 7.60. The lowest BCUT2D eigenvalue weighted by molar-refractivity contribution is -0.163. The van der Waals surface area contributed by atoms with Crippen molar-refractivity contribution in [2.75, 3.05) is 39.5 Å². The van der Waals surface area contributed by atoms with Gasteiger partial charge in [-0.05, 0) is 25.7 Å². The Morgan fingerprint density at radius 1 is 0.838 bits per heavy atom. The lowest BCUT2D eigenvalue weighted by Crippen LogP contribution is -2.35. The number of carbonyl (C=O) groups excluding carboxylic acids is 4. The Balaban J connectivity index is 0.000000344. The maximum atomic E-state index is 12.1. The lowest BCUT2D eigenvalue weighted by atomic mass is 9.79. The first-order valence-corrected chi connectivity index (χ1v) is 12.4. The van der Waals surface area contributed by atoms with Crippen molar-refractivity contribution in [3.63, 3.8) is 0 Å². The number of ether oxygens (including phenoxy) is 4. The number of aliphatic imine (C=N–C) groups is 2. The van der Waals surface area contributed by atoms with Gasteiger partial charge in [0.2, 0.25) is 12.2 Å². The Morgan fingerprint density at radius 3 is 1.51 bits per heavy atom. The monoisotopic (exact) mass is 524 g/mol. The van der Waals surface area contributed by atoms with Gasteiger partial charge in [0.25, 0.3) is 0 Å². The van der Waals surface area contributed by atoms with Gasteiger partial charge in [-0.2, -0.15) is 0 Å². The summed E-state index contributed by atoms with van der Waals surface area (Å²) in [4.78, 5) is 59.5. The summed E-state index contributed by atoms with van der Waals surface area (Å²) in [5.41, 5.74) is 0. The Hall–Kier alpha value is -3.17. The van der Waals surface area contributed by atoms with Crippen LogP contribution in [0.3, 0.4) is 0 Å². The van der Waals surface area contributed by atoms with Crippen molar-refractivity contribution >= 4 is 30.1 Å². The molecule has 4 atom stereocenters. The van der Waals surface area contributed by atoms with Crippen LogP contribution in [0.5, 0.6) is 0 Å². The first-order valence-electron chi connectivity index (χ1n) is 12.4. The quantitative estimate of drug-likeness (QED) is 0.0885. The number of hydrogen-bond donors (Lipinski definition) is 1. The zero-order valence-corrected chi connectivity index (χ0v) is 21.0. The molecule has 1 aliphatic carbocycles. The van der Waals surface area contributed by atoms with E-state index in [9.17, 15) is 24.0 Å². The molecule has 3 aliphatic rings. The van der Waals surface area contributed by atoms with E-state index in [1.807, 2.05) is 0 Å². The number of hydrogen-bond acceptors (Lipinski definition) is 11. The minimum atomic E-state index is -0.981. The number of carbonyl (C=O) groups is 3. The molecule has 0 aromatic rings. The summed E-state index contributed by atoms with van der Waals surface area (Å²) in [6.45, 7) is 5.98. The molecule has 2 aliphatic heterocycles. The van der Waals surface area contributed by atoms with Gasteiger partial charge in [0.15, 0.2) is 0 Å². The van der Waals surface area contributed by atoms with Crippen LogP contribution in [0.15, 0.2) is 22.6 Å². The number of epoxide rings is 2. The molecule has 37 heavy (non-hydrogen) atoms. The third kappa shape index (κ3) is 17.0. The van der Waals surface area contributed by atoms with Gasteiger partial charge in [-0.25, -0.2) is 24.4 Å². The Morgan fingerprint density at radius 2 is 1.22 bits per heavy atom. The summed E-state index contributed by atoms with van der Waals surface area (Å²) in [5.74, 6) is -2.29. The second-order valence-corrected chi connectivity index (χ2v) is 8.57. The fourth-order valence-electron chi connectivity index (χ4n) is 3.41. The van der Waals surface area contributed by atoms with Crippen molar-refractivity contribution in [2.24, 2.45) is 21.8 Å². The van der Waals surface area contributed by atoms with Crippen molar-refractivity contribution in [1.29, 1.82) is 0 Å². The molecule has 0 amide bonds. The molecular weight excluding hydrogens is 488 g/mol. The number of isocyanates is 2. The van der Waals surface area contributed by atoms with Crippen molar-refractivity contribution in [3.05, 3.63) is 12.7 Å². The molecule has 1 saturated carbocycles. The van der Waals surface area contributed by atoms with Gasteiger partial charge in [-0.1, -0.05) is 32.3 Å². The van der Waals surface area contributed by atoms with Crippen LogP contribution in [-0.4, -0.2) is 86.9 Å². The highest BCUT2D eigenvalue weighted by Gasteiger charge is 2.39. The van der Waals surface area contributed by atoms with Gasteiger partial charge in [0, 0.05) is 6.08 Å². The molecule has 12 nitrogen and oxygen atoms in total. The molecule has 1 N–H and O–H groups in total. The Bertz CT molecular complexity index is 754. The fraction of sp³-hybridized carbons (Fsp3) is 0.720. The third-order valence-electron chi connectivity index (χ3n) is 5.59. The first kappa shape index (κ1) is 31.9. The van der Waals surface area contributed by atoms with Crippen molar-refractivity contribution in [2.45, 2.75) is 63.6 Å². The smallest absolute Gasteiger partial charge is 0.327 e. The van der Waals surface area contributed by atoms with E-state index in [4.69, 9.17) is 24.1 Å². The number of carboxylic acids is 1. The van der Waals surface area contributed by atoms with Gasteiger partial charge in [-0.15, -0.1) is 0 Å². The molecule has 206 valence electrons. The number of carboxylic acid groups (broad SMARTS) is 1. The number of aliphatic carboxylic acids is 1. The van der Waals surface area contributed by atoms with Crippen molar-refractivity contribution < 1.29 is 48.0 Å². The minimum Gasteiger partial charge on any atom is -0.478 e. The van der Waals surface area contributed by atoms with Crippen LogP contribution in [0.25, 0.3) is 0 Å². The van der Waals surface area contributed by atoms with Crippen LogP contribution >= 0.6 is 0 Å². The van der Waals surface area contributed by atoms with Crippen LogP contribution in [-0.2, 0) is 42.9 Å². The SMILES string of the molecule is C=CC(=O)O.O=C(OCC1CO1)C1CCCCC1C(=O)OCC1CO1.O=C=NCCCCCCN=C=O. The van der Waals surface area contributed by atoms with E-state index in [2.05, 4.69) is 16.6 Å². The summed E-state index contributed by atoms with van der Waals surface area (Å²) >= 11 is 0. The second kappa shape index (κ2) is 20.0. The molecule has 0 aromatic heterocycles. The maximum absolute atomic E-state index is 12.1. The number of rotatable bonds is 14. The van der Waals surface area contributed by atoms with Gasteiger partial charge in [0.05, 0.1) is 38.1 Å². The topological polar surface area (TPSA) is 174 Å². The number of esters is 2. The normalized spacial score (nSPS) is 22.6. The largest absolute Gasteiger partial charge is 0.478 e. The van der Waals surface area contributed by atoms with Crippen molar-refractivity contribution in [3.8, 4) is 0 Å². The summed E-state index contributed by atoms with van der Waals surface area (Å²) < 4.78 is 20.5. The molecule has 2 saturated heterocycles. The Labute approximate surface area is 216 Å². The fourth-order valence-corrected chi connectivity index (χ4v) is 3.41. The molecule has 12 heteroatoms. The average Bonchev–Trinajstić information content (AvgIpc) is 3.83. The number of nitrogens with zero attached hydrogens (tertiary/aromatic N) is 2. The Kier molecular flexibility index (Phi) is 17.2. The molecule has 0 aromatic carbocycles. The zero-order chi connectivity index (χ0) is 27.3. The van der Waals surface area contributed by atoms with Crippen molar-refractivity contribution in [1.82, 2.24) is 0 Å². The highest BCUT2D eigenvalue weighted by atomic mass is 16.6. The average molecular weight is 525 g/mol. The van der Waals surface area contributed by atoms with Gasteiger partial charge < -0.3 is 24.1 Å². The summed E-state index contributed by atoms with van der Waals surface area (Å²) in [6, 6.07) is 0. The van der Waals surface area contributed by atoms with Crippen LogP contribution in [0.2, 0.25) is 0 Å². The molecule has 3 fully saturated rings. The minimum absolute atomic E-state index is 0.0555. The van der Waals surface area contributed by atoms with Gasteiger partial charge in [-0.3, -0.25) is 9.59 Å². The van der Waals surface area contributed by atoms with Crippen LogP contribution in [0.4, 0.5) is 0 Å². The second-order valence-electron chi connectivity index (χ2n) is 8.57. The van der Waals surface area contributed by atoms with E-state index < -0.39 is 5.97 Å². The molecule has 0 bridgehead atoms. The van der Waals surface area contributed by atoms with E-state index in [0.29, 0.717) is 52.4 Å². The standard InChI is InChI=1S/C14H20O6.C8H12N2O2.C3H4O2/c15-13(19-7-9-5-17-9)11-3-1-2-4-12(11)14(16)20-8-10-6-18-10;11-7-9-5-3-1-2-4-6-10-8-12;1-2-3(4)5/h9-12H,1-8H2;1-6H2;2H,1H2,(H,4,5). The lowest BCUT2D eigenvalue weighted by Gasteiger charge is -2.28. The van der Waals surface area contributed by atoms with Crippen LogP contribution < -0.4 is 0 Å². The van der Waals surface area contributed by atoms with E-state index in [-0.39, 0.29) is 36.0 Å². The van der Waals surface area contributed by atoms with Gasteiger partial charge >= 0.3 is 17.9 Å². The molecule has 4 unspecified atom stereocenters. The van der Waals surface area contributed by atoms with E-state index in [1.54, 1.807) is 0 Å². The summed E-state index contributed by atoms with van der Waals surface area (Å²) in [7, 11) is 0. The highest BCUT2D eigenvalue weighted by Crippen LogP contribution is 2.32. The molecular formula is C25H36N2O10. The summed E-state index contributed by atoms with van der Waals surface area (Å²) in [6.07, 6.45) is 11.0. The molecule has 0 spiro atoms. The maximum Gasteiger partial charge on any atom is 0.327 e. The van der Waals surface area contributed by atoms with E-state index >= 15 is 0 Å². The van der Waals surface area contributed by atoms with E-state index in [1.165, 1.54) is 12.2 Å². The predicted octanol–water partition coefficient (Wildman–Crippen LogP) is 2.15. The molecule has 3 rings (SSSR count). The third-order valence-corrected chi connectivity index (χ3v) is 5.59. The molecule has 2 heterocycles. The van der Waals surface area contributed by atoms with Crippen LogP contribution in [0, 0.1) is 11.8 Å².